The van der Waals surface area contributed by atoms with Crippen LogP contribution in [-0.4, -0.2) is 10.9 Å². The summed E-state index contributed by atoms with van der Waals surface area (Å²) in [6.07, 6.45) is 3.36. The first-order chi connectivity index (χ1) is 9.70. The van der Waals surface area contributed by atoms with Crippen LogP contribution >= 0.6 is 22.7 Å². The van der Waals surface area contributed by atoms with E-state index in [9.17, 15) is 4.79 Å². The first-order valence-electron chi connectivity index (χ1n) is 6.10. The third-order valence-electron chi connectivity index (χ3n) is 2.71. The molecule has 5 heteroatoms. The summed E-state index contributed by atoms with van der Waals surface area (Å²) in [4.78, 5) is 17.3. The van der Waals surface area contributed by atoms with Crippen molar-refractivity contribution in [2.75, 3.05) is 5.32 Å². The average molecular weight is 300 g/mol. The summed E-state index contributed by atoms with van der Waals surface area (Å²) in [5, 5.41) is 5.88. The highest BCUT2D eigenvalue weighted by molar-refractivity contribution is 7.18. The fraction of sp³-hybridized carbons (Fsp3) is 0.0667. The predicted molar refractivity (Wildman–Crippen MR) is 86.3 cm³/mol. The van der Waals surface area contributed by atoms with Gasteiger partial charge in [0.15, 0.2) is 0 Å². The molecular formula is C15H12N2OS2. The van der Waals surface area contributed by atoms with Crippen molar-refractivity contribution < 1.29 is 4.79 Å². The second-order valence-electron chi connectivity index (χ2n) is 4.25. The van der Waals surface area contributed by atoms with Crippen LogP contribution in [0.2, 0.25) is 0 Å². The normalized spacial score (nSPS) is 11.2. The zero-order valence-electron chi connectivity index (χ0n) is 10.8. The second-order valence-corrected chi connectivity index (χ2v) is 6.47. The molecule has 3 nitrogen and oxygen atoms in total. The number of rotatable bonds is 3. The number of thiophene rings is 1. The number of thiazole rings is 1. The molecule has 0 unspecified atom stereocenters. The second kappa shape index (κ2) is 5.56. The summed E-state index contributed by atoms with van der Waals surface area (Å²) < 4.78 is 1.09. The van der Waals surface area contributed by atoms with Gasteiger partial charge in [-0.1, -0.05) is 6.07 Å². The van der Waals surface area contributed by atoms with Crippen molar-refractivity contribution >= 4 is 50.6 Å². The van der Waals surface area contributed by atoms with E-state index in [1.807, 2.05) is 48.7 Å². The van der Waals surface area contributed by atoms with Crippen molar-refractivity contribution in [2.24, 2.45) is 0 Å². The standard InChI is InChI=1S/C15H12N2OS2/c1-10-16-13-6-4-11(9-14(13)20-10)17-15(18)7-5-12-3-2-8-19-12/h2-9H,1H3,(H,17,18)/b7-5+. The topological polar surface area (TPSA) is 42.0 Å². The van der Waals surface area contributed by atoms with E-state index in [4.69, 9.17) is 0 Å². The van der Waals surface area contributed by atoms with Gasteiger partial charge in [0, 0.05) is 16.6 Å². The summed E-state index contributed by atoms with van der Waals surface area (Å²) in [5.74, 6) is -0.126. The van der Waals surface area contributed by atoms with Crippen LogP contribution in [-0.2, 0) is 4.79 Å². The first kappa shape index (κ1) is 13.0. The van der Waals surface area contributed by atoms with Crippen LogP contribution in [0.4, 0.5) is 5.69 Å². The number of benzene rings is 1. The molecular weight excluding hydrogens is 288 g/mol. The number of aryl methyl sites for hydroxylation is 1. The molecule has 0 atom stereocenters. The van der Waals surface area contributed by atoms with Crippen molar-refractivity contribution in [3.63, 3.8) is 0 Å². The molecule has 0 radical (unpaired) electrons. The Morgan fingerprint density at radius 2 is 2.25 bits per heavy atom. The average Bonchev–Trinajstić information content (AvgIpc) is 3.04. The summed E-state index contributed by atoms with van der Waals surface area (Å²) in [6.45, 7) is 1.98. The number of aromatic nitrogens is 1. The van der Waals surface area contributed by atoms with E-state index >= 15 is 0 Å². The van der Waals surface area contributed by atoms with Crippen molar-refractivity contribution in [2.45, 2.75) is 6.92 Å². The smallest absolute Gasteiger partial charge is 0.248 e. The molecule has 1 N–H and O–H groups in total. The van der Waals surface area contributed by atoms with Crippen molar-refractivity contribution in [3.05, 3.63) is 51.7 Å². The summed E-state index contributed by atoms with van der Waals surface area (Å²) in [6, 6.07) is 9.69. The lowest BCUT2D eigenvalue weighted by Crippen LogP contribution is -2.07. The lowest BCUT2D eigenvalue weighted by molar-refractivity contribution is -0.111. The van der Waals surface area contributed by atoms with Gasteiger partial charge < -0.3 is 5.32 Å². The fourth-order valence-electron chi connectivity index (χ4n) is 1.85. The van der Waals surface area contributed by atoms with E-state index in [2.05, 4.69) is 10.3 Å². The maximum Gasteiger partial charge on any atom is 0.248 e. The van der Waals surface area contributed by atoms with Gasteiger partial charge in [-0.05, 0) is 42.6 Å². The number of carbonyl (C=O) groups excluding carboxylic acids is 1. The minimum Gasteiger partial charge on any atom is -0.322 e. The molecule has 1 amide bonds. The Kier molecular flexibility index (Phi) is 3.62. The minimum absolute atomic E-state index is 0.126. The molecule has 2 heterocycles. The molecule has 100 valence electrons. The van der Waals surface area contributed by atoms with Crippen molar-refractivity contribution in [3.8, 4) is 0 Å². The third kappa shape index (κ3) is 2.95. The van der Waals surface area contributed by atoms with Gasteiger partial charge in [0.25, 0.3) is 0 Å². The van der Waals surface area contributed by atoms with Crippen molar-refractivity contribution in [1.29, 1.82) is 0 Å². The van der Waals surface area contributed by atoms with Crippen LogP contribution in [0.25, 0.3) is 16.3 Å². The van der Waals surface area contributed by atoms with Gasteiger partial charge in [0.05, 0.1) is 15.2 Å². The monoisotopic (exact) mass is 300 g/mol. The van der Waals surface area contributed by atoms with E-state index in [-0.39, 0.29) is 5.91 Å². The quantitative estimate of drug-likeness (QED) is 0.732. The van der Waals surface area contributed by atoms with Gasteiger partial charge in [-0.15, -0.1) is 22.7 Å². The molecule has 0 aliphatic carbocycles. The van der Waals surface area contributed by atoms with E-state index in [0.29, 0.717) is 0 Å². The molecule has 3 rings (SSSR count). The third-order valence-corrected chi connectivity index (χ3v) is 4.48. The Morgan fingerprint density at radius 3 is 3.05 bits per heavy atom. The van der Waals surface area contributed by atoms with E-state index in [1.54, 1.807) is 28.7 Å². The van der Waals surface area contributed by atoms with Gasteiger partial charge in [-0.25, -0.2) is 4.98 Å². The summed E-state index contributed by atoms with van der Waals surface area (Å²) in [5.41, 5.74) is 1.77. The van der Waals surface area contributed by atoms with Gasteiger partial charge >= 0.3 is 0 Å². The molecule has 20 heavy (non-hydrogen) atoms. The van der Waals surface area contributed by atoms with Crippen molar-refractivity contribution in [1.82, 2.24) is 4.98 Å². The molecule has 0 spiro atoms. The zero-order chi connectivity index (χ0) is 13.9. The number of hydrogen-bond donors (Lipinski definition) is 1. The first-order valence-corrected chi connectivity index (χ1v) is 7.80. The highest BCUT2D eigenvalue weighted by Gasteiger charge is 2.03. The van der Waals surface area contributed by atoms with Crippen LogP contribution in [0.1, 0.15) is 9.88 Å². The van der Waals surface area contributed by atoms with Crippen LogP contribution in [0.15, 0.2) is 41.8 Å². The zero-order valence-corrected chi connectivity index (χ0v) is 12.4. The molecule has 3 aromatic rings. The number of anilines is 1. The fourth-order valence-corrected chi connectivity index (χ4v) is 3.33. The van der Waals surface area contributed by atoms with Crippen LogP contribution in [0, 0.1) is 6.92 Å². The summed E-state index contributed by atoms with van der Waals surface area (Å²) in [7, 11) is 0. The molecule has 0 aliphatic heterocycles. The number of carbonyl (C=O) groups is 1. The number of hydrogen-bond acceptors (Lipinski definition) is 4. The maximum atomic E-state index is 11.8. The molecule has 0 fully saturated rings. The Labute approximate surface area is 124 Å². The van der Waals surface area contributed by atoms with Crippen LogP contribution in [0.5, 0.6) is 0 Å². The molecule has 1 aromatic carbocycles. The maximum absolute atomic E-state index is 11.8. The SMILES string of the molecule is Cc1nc2ccc(NC(=O)/C=C/c3cccs3)cc2s1. The van der Waals surface area contributed by atoms with E-state index < -0.39 is 0 Å². The molecule has 0 aliphatic rings. The molecule has 0 saturated carbocycles. The van der Waals surface area contributed by atoms with Crippen LogP contribution < -0.4 is 5.32 Å². The largest absolute Gasteiger partial charge is 0.322 e. The van der Waals surface area contributed by atoms with Gasteiger partial charge in [-0.2, -0.15) is 0 Å². The lowest BCUT2D eigenvalue weighted by atomic mass is 10.3. The molecule has 0 saturated heterocycles. The Hall–Kier alpha value is -1.98. The van der Waals surface area contributed by atoms with Crippen LogP contribution in [0.3, 0.4) is 0 Å². The summed E-state index contributed by atoms with van der Waals surface area (Å²) >= 11 is 3.23. The Bertz CT molecular complexity index is 772. The predicted octanol–water partition coefficient (Wildman–Crippen LogP) is 4.32. The Balaban J connectivity index is 1.73. The lowest BCUT2D eigenvalue weighted by Gasteiger charge is -2.01. The van der Waals surface area contributed by atoms with Gasteiger partial charge in [-0.3, -0.25) is 4.79 Å². The van der Waals surface area contributed by atoms with E-state index in [0.717, 1.165) is 25.8 Å². The number of amides is 1. The molecule has 2 aromatic heterocycles. The minimum atomic E-state index is -0.126. The van der Waals surface area contributed by atoms with Gasteiger partial charge in [0.1, 0.15) is 0 Å². The van der Waals surface area contributed by atoms with E-state index in [1.165, 1.54) is 0 Å². The number of fused-ring (bicyclic) bond motifs is 1. The highest BCUT2D eigenvalue weighted by atomic mass is 32.1. The Morgan fingerprint density at radius 1 is 1.35 bits per heavy atom. The number of nitrogens with zero attached hydrogens (tertiary/aromatic N) is 1. The molecule has 0 bridgehead atoms. The van der Waals surface area contributed by atoms with Gasteiger partial charge in [0.2, 0.25) is 5.91 Å². The number of nitrogens with one attached hydrogen (secondary N) is 1. The highest BCUT2D eigenvalue weighted by Crippen LogP contribution is 2.24.